The van der Waals surface area contributed by atoms with E-state index in [-0.39, 0.29) is 72.3 Å². The van der Waals surface area contributed by atoms with Crippen LogP contribution in [0.4, 0.5) is 0 Å². The summed E-state index contributed by atoms with van der Waals surface area (Å²) in [6, 6.07) is -0.693. The standard InChI is InChI=1S/C41H64N4O11/c1-10-23-12-11-13-31(56-33-15-14-30(45(5)6)21(3)52-33)20(2)36(47)29-18-26-25-16-24(55-41-40(51-9)39(50-8)38(49-7)22(4)53-41)17-28(25)35(43-44-42)37(48)34(26)27(29)19-32(46)54-23/h18,20-28,30-31,33-35,38-41H,10-17,19H2,1-9H3/t20-,21?,22?,23+,24+,25+,26+,27?,28-,30+,31+,33+,34?,35+,38?,39?,40?,41?/m1/s1. The molecule has 0 aromatic rings. The Kier molecular flexibility index (Phi) is 14.4. The van der Waals surface area contributed by atoms with E-state index in [2.05, 4.69) is 35.9 Å². The minimum Gasteiger partial charge on any atom is -0.462 e. The van der Waals surface area contributed by atoms with E-state index in [1.54, 1.807) is 21.3 Å². The number of azide groups is 1. The van der Waals surface area contributed by atoms with E-state index in [0.29, 0.717) is 50.5 Å². The summed E-state index contributed by atoms with van der Waals surface area (Å²) in [7, 11) is 8.88. The molecule has 0 amide bonds. The van der Waals surface area contributed by atoms with Crippen molar-refractivity contribution < 1.29 is 52.3 Å². The maximum absolute atomic E-state index is 14.8. The lowest BCUT2D eigenvalue weighted by Crippen LogP contribution is -2.59. The summed E-state index contributed by atoms with van der Waals surface area (Å²) in [4.78, 5) is 48.3. The van der Waals surface area contributed by atoms with Crippen LogP contribution < -0.4 is 0 Å². The lowest BCUT2D eigenvalue weighted by atomic mass is 9.63. The number of hydrogen-bond donors (Lipinski definition) is 0. The number of cyclic esters (lactones) is 1. The number of hydrogen-bond acceptors (Lipinski definition) is 13. The summed E-state index contributed by atoms with van der Waals surface area (Å²) in [5.41, 5.74) is 10.2. The molecule has 314 valence electrons. The van der Waals surface area contributed by atoms with Gasteiger partial charge in [0, 0.05) is 50.0 Å². The number of ether oxygens (including phenoxy) is 8. The second-order valence-electron chi connectivity index (χ2n) is 17.1. The zero-order valence-electron chi connectivity index (χ0n) is 34.6. The van der Waals surface area contributed by atoms with Crippen LogP contribution in [0.25, 0.3) is 10.4 Å². The third-order valence-corrected chi connectivity index (χ3v) is 13.8. The molecular weight excluding hydrogens is 724 g/mol. The van der Waals surface area contributed by atoms with Crippen LogP contribution in [0.5, 0.6) is 0 Å². The molecule has 0 N–H and O–H groups in total. The number of rotatable bonds is 10. The van der Waals surface area contributed by atoms with Gasteiger partial charge in [-0.05, 0) is 108 Å². The van der Waals surface area contributed by atoms with Gasteiger partial charge in [0.05, 0.1) is 36.9 Å². The molecule has 3 heterocycles. The average Bonchev–Trinajstić information content (AvgIpc) is 3.76. The largest absolute Gasteiger partial charge is 0.462 e. The first-order valence-corrected chi connectivity index (χ1v) is 20.7. The Bertz CT molecular complexity index is 1490. The second kappa shape index (κ2) is 18.6. The van der Waals surface area contributed by atoms with Crippen LogP contribution in [0.1, 0.15) is 85.5 Å². The number of methoxy groups -OCH3 is 3. The van der Waals surface area contributed by atoms with E-state index in [1.807, 2.05) is 26.8 Å². The summed E-state index contributed by atoms with van der Waals surface area (Å²) in [5, 5.41) is 4.08. The third kappa shape index (κ3) is 8.63. The molecule has 0 aromatic heterocycles. The molecule has 0 radical (unpaired) electrons. The van der Waals surface area contributed by atoms with Crippen LogP contribution in [-0.4, -0.2) is 131 Å². The van der Waals surface area contributed by atoms with Gasteiger partial charge in [-0.1, -0.05) is 25.0 Å². The van der Waals surface area contributed by atoms with Crippen molar-refractivity contribution in [3.8, 4) is 0 Å². The summed E-state index contributed by atoms with van der Waals surface area (Å²) in [6.45, 7) is 7.85. The van der Waals surface area contributed by atoms with Crippen molar-refractivity contribution in [2.75, 3.05) is 35.4 Å². The summed E-state index contributed by atoms with van der Waals surface area (Å²) in [6.07, 6.45) is 2.95. The van der Waals surface area contributed by atoms with Gasteiger partial charge in [-0.25, -0.2) is 0 Å². The smallest absolute Gasteiger partial charge is 0.306 e. The number of carbonyl (C=O) groups excluding carboxylic acids is 3. The van der Waals surface area contributed by atoms with Gasteiger partial charge in [0.1, 0.15) is 30.2 Å². The van der Waals surface area contributed by atoms with Crippen molar-refractivity contribution >= 4 is 17.5 Å². The Hall–Kier alpha value is -2.46. The Labute approximate surface area is 331 Å². The molecule has 0 bridgehead atoms. The van der Waals surface area contributed by atoms with Crippen LogP contribution in [-0.2, 0) is 52.3 Å². The predicted octanol–water partition coefficient (Wildman–Crippen LogP) is 5.18. The highest BCUT2D eigenvalue weighted by Crippen LogP contribution is 2.56. The summed E-state index contributed by atoms with van der Waals surface area (Å²) in [5.74, 6) is -3.65. The molecule has 8 unspecified atom stereocenters. The molecule has 18 atom stereocenters. The van der Waals surface area contributed by atoms with E-state index in [4.69, 9.17) is 37.9 Å². The molecule has 0 aromatic carbocycles. The highest BCUT2D eigenvalue weighted by atomic mass is 16.7. The molecular formula is C41H64N4O11. The summed E-state index contributed by atoms with van der Waals surface area (Å²) < 4.78 is 49.3. The van der Waals surface area contributed by atoms with E-state index in [9.17, 15) is 19.9 Å². The molecule has 15 heteroatoms. The third-order valence-electron chi connectivity index (χ3n) is 13.8. The van der Waals surface area contributed by atoms with Crippen LogP contribution in [0.2, 0.25) is 0 Å². The van der Waals surface area contributed by atoms with Crippen molar-refractivity contribution in [1.82, 2.24) is 4.90 Å². The number of nitrogens with zero attached hydrogens (tertiary/aromatic N) is 4. The molecule has 56 heavy (non-hydrogen) atoms. The fraction of sp³-hybridized carbons (Fsp3) is 0.878. The Balaban J connectivity index is 1.29. The zero-order valence-corrected chi connectivity index (χ0v) is 34.6. The summed E-state index contributed by atoms with van der Waals surface area (Å²) >= 11 is 0. The minimum absolute atomic E-state index is 0.0331. The van der Waals surface area contributed by atoms with Crippen LogP contribution in [0, 0.1) is 35.5 Å². The number of Topliss-reactive ketones (excluding diaryl/α,β-unsaturated/α-hetero) is 2. The first kappa shape index (κ1) is 43.1. The highest BCUT2D eigenvalue weighted by molar-refractivity contribution is 6.01. The van der Waals surface area contributed by atoms with E-state index >= 15 is 0 Å². The SMILES string of the molecule is CC[C@H]1CCC[C@H](O[C@H]2CC[C@H](N(C)C)C(C)O2)[C@@H](C)C(=O)C2=C[C@@H]3C(C(=O)[C@@H](N=[N+]=[N-])[C@@H]4C[C@@H](OC5OC(C)C(OC)C(OC)C5OC)C[C@H]43)C2CC(=O)O1. The maximum Gasteiger partial charge on any atom is 0.306 e. The Morgan fingerprint density at radius 3 is 2.25 bits per heavy atom. The normalized spacial score (nSPS) is 44.8. The second-order valence-corrected chi connectivity index (χ2v) is 17.1. The van der Waals surface area contributed by atoms with Gasteiger partial charge < -0.3 is 42.8 Å². The maximum atomic E-state index is 14.8. The van der Waals surface area contributed by atoms with Crippen molar-refractivity contribution in [2.24, 2.45) is 40.6 Å². The van der Waals surface area contributed by atoms with Crippen LogP contribution in [0.15, 0.2) is 16.8 Å². The molecule has 6 rings (SSSR count). The number of allylic oxidation sites excluding steroid dienone is 2. The van der Waals surface area contributed by atoms with E-state index < -0.39 is 60.7 Å². The number of esters is 1. The molecule has 3 aliphatic carbocycles. The van der Waals surface area contributed by atoms with Crippen molar-refractivity contribution in [3.63, 3.8) is 0 Å². The molecule has 6 aliphatic rings. The quantitative estimate of drug-likeness (QED) is 0.123. The Morgan fingerprint density at radius 1 is 0.893 bits per heavy atom. The predicted molar refractivity (Wildman–Crippen MR) is 203 cm³/mol. The molecule has 3 aliphatic heterocycles. The zero-order chi connectivity index (χ0) is 40.4. The van der Waals surface area contributed by atoms with Gasteiger partial charge >= 0.3 is 5.97 Å². The van der Waals surface area contributed by atoms with Gasteiger partial charge in [-0.15, -0.1) is 0 Å². The van der Waals surface area contributed by atoms with Crippen molar-refractivity contribution in [1.29, 1.82) is 0 Å². The molecule has 0 spiro atoms. The van der Waals surface area contributed by atoms with E-state index in [0.717, 1.165) is 6.42 Å². The van der Waals surface area contributed by atoms with Gasteiger partial charge in [0.15, 0.2) is 18.4 Å². The lowest BCUT2D eigenvalue weighted by molar-refractivity contribution is -0.314. The van der Waals surface area contributed by atoms with Gasteiger partial charge in [-0.2, -0.15) is 0 Å². The number of likely N-dealkylation sites (N-methyl/N-ethyl adjacent to an activating group) is 1. The molecule has 15 nitrogen and oxygen atoms in total. The molecule has 5 fully saturated rings. The van der Waals surface area contributed by atoms with Gasteiger partial charge in [0.2, 0.25) is 0 Å². The number of carbonyl (C=O) groups is 3. The number of ketones is 2. The van der Waals surface area contributed by atoms with Crippen LogP contribution >= 0.6 is 0 Å². The van der Waals surface area contributed by atoms with Gasteiger partial charge in [-0.3, -0.25) is 14.4 Å². The molecule has 3 saturated heterocycles. The minimum atomic E-state index is -0.970. The average molecular weight is 789 g/mol. The van der Waals surface area contributed by atoms with E-state index in [1.165, 1.54) is 0 Å². The fourth-order valence-electron chi connectivity index (χ4n) is 11.0. The fourth-order valence-corrected chi connectivity index (χ4v) is 11.0. The van der Waals surface area contributed by atoms with Crippen molar-refractivity contribution in [3.05, 3.63) is 22.1 Å². The first-order chi connectivity index (χ1) is 26.8. The topological polar surface area (TPSA) is 177 Å². The Morgan fingerprint density at radius 2 is 1.61 bits per heavy atom. The highest BCUT2D eigenvalue weighted by Gasteiger charge is 2.59. The first-order valence-electron chi connectivity index (χ1n) is 20.7. The van der Waals surface area contributed by atoms with Crippen molar-refractivity contribution in [2.45, 2.75) is 159 Å². The number of fused-ring (bicyclic) bond motifs is 5. The monoisotopic (exact) mass is 788 g/mol. The molecule has 2 saturated carbocycles. The van der Waals surface area contributed by atoms with Crippen LogP contribution in [0.3, 0.4) is 0 Å². The van der Waals surface area contributed by atoms with Gasteiger partial charge in [0.25, 0.3) is 0 Å². The lowest BCUT2D eigenvalue weighted by Gasteiger charge is -2.44.